The van der Waals surface area contributed by atoms with Crippen molar-refractivity contribution in [2.24, 2.45) is 0 Å². The highest BCUT2D eigenvalue weighted by molar-refractivity contribution is 5.86. The SMILES string of the molecule is Cc1ccc2c(c1)OCC=C2CC(=O)O. The van der Waals surface area contributed by atoms with Crippen LogP contribution in [0, 0.1) is 6.92 Å². The van der Waals surface area contributed by atoms with E-state index in [1.807, 2.05) is 31.2 Å². The van der Waals surface area contributed by atoms with Crippen LogP contribution < -0.4 is 4.74 Å². The molecule has 1 N–H and O–H groups in total. The molecular weight excluding hydrogens is 192 g/mol. The van der Waals surface area contributed by atoms with Gasteiger partial charge < -0.3 is 9.84 Å². The van der Waals surface area contributed by atoms with E-state index in [-0.39, 0.29) is 6.42 Å². The maximum atomic E-state index is 10.7. The van der Waals surface area contributed by atoms with Crippen molar-refractivity contribution in [2.75, 3.05) is 6.61 Å². The summed E-state index contributed by atoms with van der Waals surface area (Å²) in [4.78, 5) is 10.7. The summed E-state index contributed by atoms with van der Waals surface area (Å²) in [6, 6.07) is 5.81. The third kappa shape index (κ3) is 2.01. The molecule has 1 aromatic carbocycles. The van der Waals surface area contributed by atoms with Crippen LogP contribution in [0.25, 0.3) is 5.57 Å². The number of carboxylic acids is 1. The van der Waals surface area contributed by atoms with E-state index in [0.717, 1.165) is 22.4 Å². The standard InChI is InChI=1S/C12H12O3/c1-8-2-3-10-9(7-12(13)14)4-5-15-11(10)6-8/h2-4,6H,5,7H2,1H3,(H,13,14). The number of aliphatic carboxylic acids is 1. The highest BCUT2D eigenvalue weighted by Gasteiger charge is 2.15. The summed E-state index contributed by atoms with van der Waals surface area (Å²) in [5.41, 5.74) is 2.85. The molecule has 15 heavy (non-hydrogen) atoms. The van der Waals surface area contributed by atoms with E-state index in [2.05, 4.69) is 0 Å². The number of aryl methyl sites for hydroxylation is 1. The largest absolute Gasteiger partial charge is 0.489 e. The molecule has 1 heterocycles. The molecule has 0 aliphatic carbocycles. The average molecular weight is 204 g/mol. The van der Waals surface area contributed by atoms with E-state index in [1.165, 1.54) is 0 Å². The second kappa shape index (κ2) is 3.77. The lowest BCUT2D eigenvalue weighted by atomic mass is 9.98. The van der Waals surface area contributed by atoms with Crippen molar-refractivity contribution in [3.8, 4) is 5.75 Å². The molecule has 0 bridgehead atoms. The van der Waals surface area contributed by atoms with Crippen LogP contribution in [0.15, 0.2) is 24.3 Å². The van der Waals surface area contributed by atoms with Gasteiger partial charge in [0.2, 0.25) is 0 Å². The Kier molecular flexibility index (Phi) is 2.46. The lowest BCUT2D eigenvalue weighted by Crippen LogP contribution is -2.07. The molecule has 78 valence electrons. The number of rotatable bonds is 2. The van der Waals surface area contributed by atoms with Gasteiger partial charge in [-0.25, -0.2) is 0 Å². The van der Waals surface area contributed by atoms with Gasteiger partial charge >= 0.3 is 5.97 Å². The molecule has 0 saturated heterocycles. The Bertz CT molecular complexity index is 432. The first-order valence-corrected chi connectivity index (χ1v) is 4.81. The number of hydrogen-bond donors (Lipinski definition) is 1. The number of hydrogen-bond acceptors (Lipinski definition) is 2. The first-order chi connectivity index (χ1) is 7.16. The van der Waals surface area contributed by atoms with Crippen LogP contribution in [-0.2, 0) is 4.79 Å². The van der Waals surface area contributed by atoms with E-state index in [4.69, 9.17) is 9.84 Å². The predicted octanol–water partition coefficient (Wildman–Crippen LogP) is 2.25. The van der Waals surface area contributed by atoms with Crippen LogP contribution in [0.4, 0.5) is 0 Å². The van der Waals surface area contributed by atoms with Crippen molar-refractivity contribution in [2.45, 2.75) is 13.3 Å². The zero-order valence-corrected chi connectivity index (χ0v) is 8.49. The first kappa shape index (κ1) is 9.77. The fourth-order valence-electron chi connectivity index (χ4n) is 1.69. The predicted molar refractivity (Wildman–Crippen MR) is 56.9 cm³/mol. The van der Waals surface area contributed by atoms with Gasteiger partial charge in [0.25, 0.3) is 0 Å². The summed E-state index contributed by atoms with van der Waals surface area (Å²) in [6.45, 7) is 2.44. The fraction of sp³-hybridized carbons (Fsp3) is 0.250. The maximum absolute atomic E-state index is 10.7. The Morgan fingerprint density at radius 2 is 2.33 bits per heavy atom. The van der Waals surface area contributed by atoms with Gasteiger partial charge in [-0.15, -0.1) is 0 Å². The molecule has 2 rings (SSSR count). The molecule has 0 atom stereocenters. The van der Waals surface area contributed by atoms with E-state index >= 15 is 0 Å². The highest BCUT2D eigenvalue weighted by atomic mass is 16.5. The number of fused-ring (bicyclic) bond motifs is 1. The van der Waals surface area contributed by atoms with Gasteiger partial charge in [0.1, 0.15) is 12.4 Å². The van der Waals surface area contributed by atoms with Gasteiger partial charge in [-0.3, -0.25) is 4.79 Å². The molecule has 0 fully saturated rings. The van der Waals surface area contributed by atoms with Gasteiger partial charge in [-0.05, 0) is 30.2 Å². The summed E-state index contributed by atoms with van der Waals surface area (Å²) < 4.78 is 5.45. The van der Waals surface area contributed by atoms with Gasteiger partial charge in [0.15, 0.2) is 0 Å². The quantitative estimate of drug-likeness (QED) is 0.803. The molecule has 0 saturated carbocycles. The van der Waals surface area contributed by atoms with E-state index in [9.17, 15) is 4.79 Å². The molecule has 0 spiro atoms. The Morgan fingerprint density at radius 3 is 3.07 bits per heavy atom. The second-order valence-corrected chi connectivity index (χ2v) is 3.61. The maximum Gasteiger partial charge on any atom is 0.307 e. The van der Waals surface area contributed by atoms with Crippen molar-refractivity contribution in [3.05, 3.63) is 35.4 Å². The van der Waals surface area contributed by atoms with Crippen LogP contribution in [-0.4, -0.2) is 17.7 Å². The zero-order valence-electron chi connectivity index (χ0n) is 8.49. The third-order valence-electron chi connectivity index (χ3n) is 2.39. The topological polar surface area (TPSA) is 46.5 Å². The van der Waals surface area contributed by atoms with Crippen LogP contribution in [0.2, 0.25) is 0 Å². The minimum Gasteiger partial charge on any atom is -0.489 e. The van der Waals surface area contributed by atoms with Crippen LogP contribution in [0.1, 0.15) is 17.5 Å². The summed E-state index contributed by atoms with van der Waals surface area (Å²) in [5.74, 6) is -0.0246. The van der Waals surface area contributed by atoms with Crippen molar-refractivity contribution in [1.82, 2.24) is 0 Å². The Hall–Kier alpha value is -1.77. The zero-order chi connectivity index (χ0) is 10.8. The normalized spacial score (nSPS) is 13.8. The highest BCUT2D eigenvalue weighted by Crippen LogP contribution is 2.32. The van der Waals surface area contributed by atoms with Crippen molar-refractivity contribution < 1.29 is 14.6 Å². The number of carboxylic acid groups (broad SMARTS) is 1. The smallest absolute Gasteiger partial charge is 0.307 e. The summed E-state index contributed by atoms with van der Waals surface area (Å²) in [6.07, 6.45) is 1.88. The molecule has 0 unspecified atom stereocenters. The third-order valence-corrected chi connectivity index (χ3v) is 2.39. The molecule has 1 aliphatic rings. The number of ether oxygens (including phenoxy) is 1. The Morgan fingerprint density at radius 1 is 1.53 bits per heavy atom. The molecule has 0 aromatic heterocycles. The van der Waals surface area contributed by atoms with E-state index < -0.39 is 5.97 Å². The number of benzene rings is 1. The molecular formula is C12H12O3. The summed E-state index contributed by atoms with van der Waals surface area (Å²) in [7, 11) is 0. The van der Waals surface area contributed by atoms with Gasteiger partial charge in [-0.1, -0.05) is 12.1 Å². The summed E-state index contributed by atoms with van der Waals surface area (Å²) in [5, 5.41) is 8.76. The molecule has 0 amide bonds. The minimum atomic E-state index is -0.810. The van der Waals surface area contributed by atoms with Crippen molar-refractivity contribution in [1.29, 1.82) is 0 Å². The van der Waals surface area contributed by atoms with Crippen LogP contribution in [0.5, 0.6) is 5.75 Å². The second-order valence-electron chi connectivity index (χ2n) is 3.61. The Balaban J connectivity index is 2.38. The molecule has 3 heteroatoms. The summed E-state index contributed by atoms with van der Waals surface area (Å²) >= 11 is 0. The Labute approximate surface area is 88.0 Å². The van der Waals surface area contributed by atoms with Gasteiger partial charge in [-0.2, -0.15) is 0 Å². The minimum absolute atomic E-state index is 0.0550. The number of carbonyl (C=O) groups is 1. The molecule has 1 aliphatic heterocycles. The van der Waals surface area contributed by atoms with E-state index in [0.29, 0.717) is 6.61 Å². The lowest BCUT2D eigenvalue weighted by molar-refractivity contribution is -0.135. The van der Waals surface area contributed by atoms with Crippen LogP contribution in [0.3, 0.4) is 0 Å². The lowest BCUT2D eigenvalue weighted by Gasteiger charge is -2.18. The van der Waals surface area contributed by atoms with Crippen LogP contribution >= 0.6 is 0 Å². The monoisotopic (exact) mass is 204 g/mol. The van der Waals surface area contributed by atoms with Crippen molar-refractivity contribution >= 4 is 11.5 Å². The first-order valence-electron chi connectivity index (χ1n) is 4.81. The molecule has 1 aromatic rings. The molecule has 0 radical (unpaired) electrons. The van der Waals surface area contributed by atoms with E-state index in [1.54, 1.807) is 0 Å². The van der Waals surface area contributed by atoms with Gasteiger partial charge in [0, 0.05) is 5.56 Å². The van der Waals surface area contributed by atoms with Gasteiger partial charge in [0.05, 0.1) is 6.42 Å². The molecule has 3 nitrogen and oxygen atoms in total. The van der Waals surface area contributed by atoms with Crippen molar-refractivity contribution in [3.63, 3.8) is 0 Å². The average Bonchev–Trinajstić information content (AvgIpc) is 2.16. The fourth-order valence-corrected chi connectivity index (χ4v) is 1.69.